The molecule has 8 heteroatoms. The lowest BCUT2D eigenvalue weighted by molar-refractivity contribution is -0.130. The number of sulfonamides is 1. The molecule has 1 fully saturated rings. The molecule has 6 nitrogen and oxygen atoms in total. The second-order valence-corrected chi connectivity index (χ2v) is 9.01. The van der Waals surface area contributed by atoms with Crippen molar-refractivity contribution in [1.82, 2.24) is 10.0 Å². The van der Waals surface area contributed by atoms with E-state index < -0.39 is 15.4 Å². The van der Waals surface area contributed by atoms with Gasteiger partial charge in [0.05, 0.1) is 10.3 Å². The van der Waals surface area contributed by atoms with E-state index in [9.17, 15) is 13.2 Å². The van der Waals surface area contributed by atoms with Crippen LogP contribution in [-0.4, -0.2) is 34.6 Å². The summed E-state index contributed by atoms with van der Waals surface area (Å²) in [6.07, 6.45) is 1.08. The summed E-state index contributed by atoms with van der Waals surface area (Å²) in [4.78, 5) is 13.4. The van der Waals surface area contributed by atoms with Crippen molar-refractivity contribution >= 4 is 27.5 Å². The molecule has 0 saturated carbocycles. The highest BCUT2D eigenvalue weighted by Gasteiger charge is 2.42. The molecule has 1 amide bonds. The Morgan fingerprint density at radius 1 is 1.14 bits per heavy atom. The molecule has 2 N–H and O–H groups in total. The predicted octanol–water partition coefficient (Wildman–Crippen LogP) is 2.61. The van der Waals surface area contributed by atoms with Crippen molar-refractivity contribution in [3.63, 3.8) is 0 Å². The Kier molecular flexibility index (Phi) is 6.40. The van der Waals surface area contributed by atoms with Crippen LogP contribution in [0.5, 0.6) is 0 Å². The van der Waals surface area contributed by atoms with Crippen molar-refractivity contribution < 1.29 is 17.9 Å². The van der Waals surface area contributed by atoms with Crippen molar-refractivity contribution in [3.8, 4) is 0 Å². The molecule has 1 saturated heterocycles. The Balaban J connectivity index is 1.83. The summed E-state index contributed by atoms with van der Waals surface area (Å²) in [5, 5.41) is 3.52. The van der Waals surface area contributed by atoms with E-state index in [1.165, 1.54) is 13.1 Å². The van der Waals surface area contributed by atoms with Crippen LogP contribution in [0.3, 0.4) is 0 Å². The number of carbonyl (C=O) groups is 1. The molecule has 0 aliphatic carbocycles. The lowest BCUT2D eigenvalue weighted by atomic mass is 9.73. The van der Waals surface area contributed by atoms with E-state index in [0.717, 1.165) is 5.56 Å². The van der Waals surface area contributed by atoms with E-state index in [1.54, 1.807) is 24.3 Å². The highest BCUT2D eigenvalue weighted by Crippen LogP contribution is 2.39. The molecular weight excluding hydrogens is 400 g/mol. The van der Waals surface area contributed by atoms with Gasteiger partial charge in [-0.3, -0.25) is 4.79 Å². The Bertz CT molecular complexity index is 956. The molecule has 0 bridgehead atoms. The molecule has 0 aromatic heterocycles. The maximum Gasteiger partial charge on any atom is 0.240 e. The van der Waals surface area contributed by atoms with E-state index in [-0.39, 0.29) is 17.3 Å². The van der Waals surface area contributed by atoms with Gasteiger partial charge in [-0.05, 0) is 49.2 Å². The molecule has 28 heavy (non-hydrogen) atoms. The van der Waals surface area contributed by atoms with Gasteiger partial charge in [0.1, 0.15) is 0 Å². The maximum atomic E-state index is 13.2. The topological polar surface area (TPSA) is 84.5 Å². The Morgan fingerprint density at radius 3 is 2.54 bits per heavy atom. The molecule has 0 radical (unpaired) electrons. The average molecular weight is 423 g/mol. The normalized spacial score (nSPS) is 16.5. The molecular formula is C20H23ClN2O4S. The average Bonchev–Trinajstić information content (AvgIpc) is 2.73. The van der Waals surface area contributed by atoms with Crippen molar-refractivity contribution in [2.75, 3.05) is 20.3 Å². The zero-order valence-electron chi connectivity index (χ0n) is 15.6. The first-order chi connectivity index (χ1) is 13.4. The molecule has 0 spiro atoms. The zero-order chi connectivity index (χ0) is 20.2. The number of halogens is 1. The molecule has 1 aliphatic rings. The molecule has 3 rings (SSSR count). The molecule has 0 unspecified atom stereocenters. The molecule has 2 aromatic carbocycles. The minimum absolute atomic E-state index is 0.134. The Morgan fingerprint density at radius 2 is 1.86 bits per heavy atom. The molecule has 1 heterocycles. The fourth-order valence-corrected chi connectivity index (χ4v) is 4.60. The van der Waals surface area contributed by atoms with Gasteiger partial charge in [-0.2, -0.15) is 0 Å². The molecule has 150 valence electrons. The number of carbonyl (C=O) groups excluding carboxylic acids is 1. The van der Waals surface area contributed by atoms with Gasteiger partial charge in [-0.25, -0.2) is 13.1 Å². The van der Waals surface area contributed by atoms with E-state index in [1.807, 2.05) is 18.2 Å². The largest absolute Gasteiger partial charge is 0.381 e. The highest BCUT2D eigenvalue weighted by atomic mass is 35.5. The SMILES string of the molecule is CNS(=O)(=O)c1cccc(CNC(=O)C2(c3ccccc3Cl)CCOCC2)c1. The minimum Gasteiger partial charge on any atom is -0.381 e. The van der Waals surface area contributed by atoms with E-state index >= 15 is 0 Å². The van der Waals surface area contributed by atoms with Crippen LogP contribution in [0.4, 0.5) is 0 Å². The molecule has 1 aliphatic heterocycles. The Labute approximate surface area is 170 Å². The smallest absolute Gasteiger partial charge is 0.240 e. The summed E-state index contributed by atoms with van der Waals surface area (Å²) in [7, 11) is -2.17. The van der Waals surface area contributed by atoms with Crippen LogP contribution in [0.25, 0.3) is 0 Å². The van der Waals surface area contributed by atoms with Gasteiger partial charge in [0, 0.05) is 24.8 Å². The summed E-state index contributed by atoms with van der Waals surface area (Å²) in [5.41, 5.74) is 0.737. The van der Waals surface area contributed by atoms with Gasteiger partial charge in [-0.15, -0.1) is 0 Å². The van der Waals surface area contributed by atoms with Gasteiger partial charge in [0.25, 0.3) is 0 Å². The van der Waals surface area contributed by atoms with Crippen molar-refractivity contribution in [2.45, 2.75) is 29.7 Å². The standard InChI is InChI=1S/C20H23ClN2O4S/c1-22-28(25,26)16-6-4-5-15(13-16)14-23-19(24)20(9-11-27-12-10-20)17-7-2-3-8-18(17)21/h2-8,13,22H,9-12,14H2,1H3,(H,23,24). The van der Waals surface area contributed by atoms with Crippen molar-refractivity contribution in [3.05, 3.63) is 64.7 Å². The summed E-state index contributed by atoms with van der Waals surface area (Å²) < 4.78 is 31.7. The Hall–Kier alpha value is -1.93. The van der Waals surface area contributed by atoms with Crippen LogP contribution in [-0.2, 0) is 31.5 Å². The summed E-state index contributed by atoms with van der Waals surface area (Å²) in [5.74, 6) is -0.134. The van der Waals surface area contributed by atoms with Crippen LogP contribution in [0.15, 0.2) is 53.4 Å². The third-order valence-corrected chi connectivity index (χ3v) is 6.84. The minimum atomic E-state index is -3.54. The second kappa shape index (κ2) is 8.61. The number of ether oxygens (including phenoxy) is 1. The number of amides is 1. The number of hydrogen-bond acceptors (Lipinski definition) is 4. The quantitative estimate of drug-likeness (QED) is 0.749. The maximum absolute atomic E-state index is 13.2. The lowest BCUT2D eigenvalue weighted by Crippen LogP contribution is -2.48. The van der Waals surface area contributed by atoms with Crippen LogP contribution in [0, 0.1) is 0 Å². The number of hydrogen-bond donors (Lipinski definition) is 2. The lowest BCUT2D eigenvalue weighted by Gasteiger charge is -2.36. The second-order valence-electron chi connectivity index (χ2n) is 6.71. The number of benzene rings is 2. The summed E-state index contributed by atoms with van der Waals surface area (Å²) >= 11 is 6.40. The van der Waals surface area contributed by atoms with Gasteiger partial charge in [-0.1, -0.05) is 41.9 Å². The first kappa shape index (κ1) is 20.8. The van der Waals surface area contributed by atoms with Gasteiger partial charge >= 0.3 is 0 Å². The van der Waals surface area contributed by atoms with E-state index in [4.69, 9.17) is 16.3 Å². The highest BCUT2D eigenvalue weighted by molar-refractivity contribution is 7.89. The first-order valence-electron chi connectivity index (χ1n) is 9.02. The predicted molar refractivity (Wildman–Crippen MR) is 108 cm³/mol. The van der Waals surface area contributed by atoms with Crippen LogP contribution < -0.4 is 10.0 Å². The monoisotopic (exact) mass is 422 g/mol. The summed E-state index contributed by atoms with van der Waals surface area (Å²) in [6, 6.07) is 13.9. The summed E-state index contributed by atoms with van der Waals surface area (Å²) in [6.45, 7) is 1.18. The van der Waals surface area contributed by atoms with Crippen LogP contribution in [0.1, 0.15) is 24.0 Å². The fourth-order valence-electron chi connectivity index (χ4n) is 3.48. The van der Waals surface area contributed by atoms with Gasteiger partial charge in [0.2, 0.25) is 15.9 Å². The van der Waals surface area contributed by atoms with E-state index in [2.05, 4.69) is 10.0 Å². The van der Waals surface area contributed by atoms with Crippen molar-refractivity contribution in [2.24, 2.45) is 0 Å². The number of nitrogens with one attached hydrogen (secondary N) is 2. The zero-order valence-corrected chi connectivity index (χ0v) is 17.1. The van der Waals surface area contributed by atoms with E-state index in [0.29, 0.717) is 36.6 Å². The third kappa shape index (κ3) is 4.22. The molecule has 2 aromatic rings. The third-order valence-electron chi connectivity index (χ3n) is 5.10. The van der Waals surface area contributed by atoms with Gasteiger partial charge < -0.3 is 10.1 Å². The van der Waals surface area contributed by atoms with Crippen molar-refractivity contribution in [1.29, 1.82) is 0 Å². The van der Waals surface area contributed by atoms with Crippen LogP contribution >= 0.6 is 11.6 Å². The molecule has 0 atom stereocenters. The fraction of sp³-hybridized carbons (Fsp3) is 0.350. The first-order valence-corrected chi connectivity index (χ1v) is 10.9. The van der Waals surface area contributed by atoms with Gasteiger partial charge in [0.15, 0.2) is 0 Å². The number of rotatable bonds is 6. The van der Waals surface area contributed by atoms with Crippen LogP contribution in [0.2, 0.25) is 5.02 Å².